The fourth-order valence-electron chi connectivity index (χ4n) is 3.16. The molecule has 1 aromatic carbocycles. The predicted molar refractivity (Wildman–Crippen MR) is 112 cm³/mol. The minimum Gasteiger partial charge on any atom is -0.493 e. The normalized spacial score (nSPS) is 13.6. The first-order chi connectivity index (χ1) is 14.6. The summed E-state index contributed by atoms with van der Waals surface area (Å²) < 4.78 is 15.8. The van der Waals surface area contributed by atoms with Crippen molar-refractivity contribution in [2.24, 2.45) is 0 Å². The zero-order valence-electron chi connectivity index (χ0n) is 16.5. The van der Waals surface area contributed by atoms with Gasteiger partial charge in [0.15, 0.2) is 22.4 Å². The van der Waals surface area contributed by atoms with E-state index in [1.807, 2.05) is 0 Å². The molecule has 0 spiro atoms. The van der Waals surface area contributed by atoms with E-state index >= 15 is 0 Å². The summed E-state index contributed by atoms with van der Waals surface area (Å²) in [6.07, 6.45) is 1.57. The Bertz CT molecular complexity index is 1050. The van der Waals surface area contributed by atoms with E-state index in [0.717, 1.165) is 0 Å². The average molecular weight is 428 g/mol. The third kappa shape index (κ3) is 3.94. The number of benzene rings is 1. The van der Waals surface area contributed by atoms with E-state index in [2.05, 4.69) is 10.3 Å². The number of amides is 3. The highest BCUT2D eigenvalue weighted by molar-refractivity contribution is 7.14. The van der Waals surface area contributed by atoms with Crippen LogP contribution >= 0.6 is 11.3 Å². The fourth-order valence-corrected chi connectivity index (χ4v) is 3.88. The Hall–Kier alpha value is -3.53. The van der Waals surface area contributed by atoms with E-state index in [-0.39, 0.29) is 18.5 Å². The van der Waals surface area contributed by atoms with Crippen molar-refractivity contribution in [2.75, 3.05) is 44.1 Å². The summed E-state index contributed by atoms with van der Waals surface area (Å²) >= 11 is 1.30. The molecule has 0 radical (unpaired) electrons. The maximum atomic E-state index is 12.8. The standard InChI is InChI=1S/C20H20N4O5S/c1-27-16-6-5-13(10-17(16)28-2)24-8-7-23(20(24)26)11-18(25)22-19-21-14(12-30-19)15-4-3-9-29-15/h3-6,9-10,12H,7-8,11H2,1-2H3,(H,21,22,25). The molecule has 3 aromatic rings. The summed E-state index contributed by atoms with van der Waals surface area (Å²) in [5, 5.41) is 4.99. The average Bonchev–Trinajstić information content (AvgIpc) is 3.50. The molecule has 30 heavy (non-hydrogen) atoms. The highest BCUT2D eigenvalue weighted by Crippen LogP contribution is 2.33. The molecule has 156 valence electrons. The van der Waals surface area contributed by atoms with Crippen molar-refractivity contribution < 1.29 is 23.5 Å². The third-order valence-corrected chi connectivity index (χ3v) is 5.39. The van der Waals surface area contributed by atoms with Gasteiger partial charge in [0.25, 0.3) is 0 Å². The van der Waals surface area contributed by atoms with Gasteiger partial charge in [-0.2, -0.15) is 0 Å². The molecule has 4 rings (SSSR count). The lowest BCUT2D eigenvalue weighted by Crippen LogP contribution is -2.37. The number of rotatable bonds is 7. The summed E-state index contributed by atoms with van der Waals surface area (Å²) in [6, 6.07) is 8.60. The van der Waals surface area contributed by atoms with Crippen LogP contribution in [0.4, 0.5) is 15.6 Å². The molecular weight excluding hydrogens is 408 g/mol. The van der Waals surface area contributed by atoms with Crippen LogP contribution in [0, 0.1) is 0 Å². The smallest absolute Gasteiger partial charge is 0.325 e. The molecule has 0 atom stereocenters. The number of aromatic nitrogens is 1. The van der Waals surface area contributed by atoms with Gasteiger partial charge in [-0.15, -0.1) is 11.3 Å². The Balaban J connectivity index is 1.38. The summed E-state index contributed by atoms with van der Waals surface area (Å²) in [4.78, 5) is 32.6. The second-order valence-electron chi connectivity index (χ2n) is 6.46. The van der Waals surface area contributed by atoms with Crippen molar-refractivity contribution >= 4 is 34.1 Å². The van der Waals surface area contributed by atoms with Crippen LogP contribution in [0.1, 0.15) is 0 Å². The highest BCUT2D eigenvalue weighted by Gasteiger charge is 2.31. The Morgan fingerprint density at radius 2 is 2.07 bits per heavy atom. The van der Waals surface area contributed by atoms with Crippen LogP contribution in [0.5, 0.6) is 11.5 Å². The van der Waals surface area contributed by atoms with E-state index in [0.29, 0.717) is 46.9 Å². The first kappa shape index (κ1) is 19.8. The second-order valence-corrected chi connectivity index (χ2v) is 7.32. The van der Waals surface area contributed by atoms with Crippen molar-refractivity contribution in [1.29, 1.82) is 0 Å². The molecule has 1 aliphatic rings. The largest absolute Gasteiger partial charge is 0.493 e. The van der Waals surface area contributed by atoms with E-state index in [1.165, 1.54) is 16.2 Å². The molecule has 1 fully saturated rings. The minimum absolute atomic E-state index is 0.0573. The molecule has 1 saturated heterocycles. The van der Waals surface area contributed by atoms with E-state index in [9.17, 15) is 9.59 Å². The van der Waals surface area contributed by atoms with Gasteiger partial charge in [0, 0.05) is 30.2 Å². The number of carbonyl (C=O) groups is 2. The number of urea groups is 1. The van der Waals surface area contributed by atoms with Crippen molar-refractivity contribution in [3.05, 3.63) is 42.0 Å². The van der Waals surface area contributed by atoms with Crippen LogP contribution in [0.15, 0.2) is 46.4 Å². The summed E-state index contributed by atoms with van der Waals surface area (Å²) in [6.45, 7) is 0.857. The van der Waals surface area contributed by atoms with Gasteiger partial charge >= 0.3 is 6.03 Å². The number of hydrogen-bond acceptors (Lipinski definition) is 7. The molecule has 1 N–H and O–H groups in total. The van der Waals surface area contributed by atoms with Crippen LogP contribution in [0.2, 0.25) is 0 Å². The quantitative estimate of drug-likeness (QED) is 0.620. The van der Waals surface area contributed by atoms with Crippen molar-refractivity contribution in [1.82, 2.24) is 9.88 Å². The molecule has 3 amide bonds. The summed E-state index contributed by atoms with van der Waals surface area (Å²) in [5.41, 5.74) is 1.33. The van der Waals surface area contributed by atoms with E-state index in [4.69, 9.17) is 13.9 Å². The first-order valence-electron chi connectivity index (χ1n) is 9.16. The Morgan fingerprint density at radius 3 is 2.80 bits per heavy atom. The second kappa shape index (κ2) is 8.46. The maximum Gasteiger partial charge on any atom is 0.325 e. The predicted octanol–water partition coefficient (Wildman–Crippen LogP) is 3.30. The molecule has 0 bridgehead atoms. The van der Waals surface area contributed by atoms with Gasteiger partial charge in [0.2, 0.25) is 5.91 Å². The third-order valence-electron chi connectivity index (χ3n) is 4.63. The number of nitrogens with zero attached hydrogens (tertiary/aromatic N) is 3. The molecule has 1 aliphatic heterocycles. The van der Waals surface area contributed by atoms with E-state index in [1.54, 1.807) is 61.1 Å². The topological polar surface area (TPSA) is 97.1 Å². The van der Waals surface area contributed by atoms with Gasteiger partial charge in [0.1, 0.15) is 12.2 Å². The van der Waals surface area contributed by atoms with Crippen LogP contribution < -0.4 is 19.7 Å². The molecule has 0 aliphatic carbocycles. The molecule has 3 heterocycles. The van der Waals surface area contributed by atoms with Crippen molar-refractivity contribution in [3.8, 4) is 23.0 Å². The van der Waals surface area contributed by atoms with Gasteiger partial charge in [-0.3, -0.25) is 9.69 Å². The van der Waals surface area contributed by atoms with Gasteiger partial charge in [-0.1, -0.05) is 0 Å². The number of furan rings is 1. The zero-order valence-corrected chi connectivity index (χ0v) is 17.3. The maximum absolute atomic E-state index is 12.8. The fraction of sp³-hybridized carbons (Fsp3) is 0.250. The highest BCUT2D eigenvalue weighted by atomic mass is 32.1. The number of carbonyl (C=O) groups excluding carboxylic acids is 2. The first-order valence-corrected chi connectivity index (χ1v) is 10.0. The van der Waals surface area contributed by atoms with Crippen LogP contribution in [-0.4, -0.2) is 55.7 Å². The summed E-state index contributed by atoms with van der Waals surface area (Å²) in [5.74, 6) is 1.45. The van der Waals surface area contributed by atoms with Gasteiger partial charge in [-0.05, 0) is 24.3 Å². The number of nitrogens with one attached hydrogen (secondary N) is 1. The Morgan fingerprint density at radius 1 is 1.23 bits per heavy atom. The monoisotopic (exact) mass is 428 g/mol. The molecule has 10 heteroatoms. The van der Waals surface area contributed by atoms with Crippen LogP contribution in [0.3, 0.4) is 0 Å². The lowest BCUT2D eigenvalue weighted by Gasteiger charge is -2.19. The van der Waals surface area contributed by atoms with E-state index < -0.39 is 0 Å². The number of anilines is 2. The molecule has 0 unspecified atom stereocenters. The zero-order chi connectivity index (χ0) is 21.1. The molecular formula is C20H20N4O5S. The van der Waals surface area contributed by atoms with Crippen molar-refractivity contribution in [3.63, 3.8) is 0 Å². The lowest BCUT2D eigenvalue weighted by atomic mass is 10.2. The Labute approximate surface area is 176 Å². The number of ether oxygens (including phenoxy) is 2. The summed E-state index contributed by atoms with van der Waals surface area (Å²) in [7, 11) is 3.10. The van der Waals surface area contributed by atoms with Gasteiger partial charge in [-0.25, -0.2) is 9.78 Å². The minimum atomic E-state index is -0.308. The van der Waals surface area contributed by atoms with Gasteiger partial charge < -0.3 is 24.1 Å². The Kier molecular flexibility index (Phi) is 5.57. The molecule has 2 aromatic heterocycles. The number of methoxy groups -OCH3 is 2. The molecule has 0 saturated carbocycles. The number of hydrogen-bond donors (Lipinski definition) is 1. The van der Waals surface area contributed by atoms with Crippen molar-refractivity contribution in [2.45, 2.75) is 0 Å². The number of thiazole rings is 1. The lowest BCUT2D eigenvalue weighted by molar-refractivity contribution is -0.116. The molecule has 9 nitrogen and oxygen atoms in total. The van der Waals surface area contributed by atoms with Crippen LogP contribution in [-0.2, 0) is 4.79 Å². The van der Waals surface area contributed by atoms with Crippen LogP contribution in [0.25, 0.3) is 11.5 Å². The SMILES string of the molecule is COc1ccc(N2CCN(CC(=O)Nc3nc(-c4ccco4)cs3)C2=O)cc1OC. The van der Waals surface area contributed by atoms with Gasteiger partial charge in [0.05, 0.1) is 20.5 Å².